The van der Waals surface area contributed by atoms with Crippen LogP contribution in [-0.2, 0) is 6.42 Å². The van der Waals surface area contributed by atoms with Crippen LogP contribution in [0.2, 0.25) is 0 Å². The highest BCUT2D eigenvalue weighted by Crippen LogP contribution is 2.44. The largest absolute Gasteiger partial charge is 0.331 e. The number of fused-ring (bicyclic) bond motifs is 12. The van der Waals surface area contributed by atoms with E-state index in [0.29, 0.717) is 0 Å². The van der Waals surface area contributed by atoms with E-state index in [1.165, 1.54) is 105 Å². The zero-order valence-corrected chi connectivity index (χ0v) is 31.6. The lowest BCUT2D eigenvalue weighted by Gasteiger charge is -2.24. The SMILES string of the molecule is C1=CC(n2c3ccccc3c3cccc(-n4c5ccccc5c5ccccc54)c32)Cc2c1n(-c1ccccc1)c1ccc(-n3c4ccccc4c4ccccc43)cc21. The molecule has 1 atom stereocenters. The first-order chi connectivity index (χ1) is 28.8. The molecule has 0 aliphatic heterocycles. The summed E-state index contributed by atoms with van der Waals surface area (Å²) in [6, 6.07) is 69.1. The van der Waals surface area contributed by atoms with Gasteiger partial charge in [-0.2, -0.15) is 0 Å². The van der Waals surface area contributed by atoms with Crippen LogP contribution in [0, 0.1) is 0 Å². The first-order valence-electron chi connectivity index (χ1n) is 20.2. The molecule has 1 aliphatic rings. The van der Waals surface area contributed by atoms with E-state index in [-0.39, 0.29) is 6.04 Å². The number of benzene rings is 8. The van der Waals surface area contributed by atoms with Gasteiger partial charge in [-0.15, -0.1) is 0 Å². The smallest absolute Gasteiger partial charge is 0.0742 e. The predicted octanol–water partition coefficient (Wildman–Crippen LogP) is 13.7. The lowest BCUT2D eigenvalue weighted by Crippen LogP contribution is -2.14. The van der Waals surface area contributed by atoms with Crippen molar-refractivity contribution in [1.29, 1.82) is 0 Å². The quantitative estimate of drug-likeness (QED) is 0.171. The van der Waals surface area contributed by atoms with Crippen molar-refractivity contribution < 1.29 is 0 Å². The van der Waals surface area contributed by atoms with Gasteiger partial charge in [-0.1, -0.05) is 127 Å². The molecule has 0 saturated heterocycles. The standard InChI is InChI=1S/C54H36N4/c1-2-15-35(16-3-1)55-51-31-29-36(56-46-23-9-4-17-38(46)39-18-5-10-24-47(39)56)33-44(51)45-34-37(30-32-52(45)55)57-48-25-11-8-21-42(48)43-22-14-28-53(54(43)57)58-49-26-12-6-19-40(49)41-20-7-13-27-50(41)58/h1-33,37H,34H2. The van der Waals surface area contributed by atoms with E-state index in [1.807, 2.05) is 0 Å². The number of aromatic nitrogens is 4. The first kappa shape index (κ1) is 31.6. The Bertz CT molecular complexity index is 3560. The van der Waals surface area contributed by atoms with Crippen LogP contribution >= 0.6 is 0 Å². The van der Waals surface area contributed by atoms with Gasteiger partial charge in [0, 0.05) is 60.3 Å². The van der Waals surface area contributed by atoms with Crippen molar-refractivity contribution in [3.63, 3.8) is 0 Å². The molecule has 0 amide bonds. The van der Waals surface area contributed by atoms with E-state index < -0.39 is 0 Å². The molecule has 0 N–H and O–H groups in total. The first-order valence-corrected chi connectivity index (χ1v) is 20.2. The number of allylic oxidation sites excluding steroid dienone is 1. The van der Waals surface area contributed by atoms with Gasteiger partial charge in [-0.25, -0.2) is 0 Å². The van der Waals surface area contributed by atoms with Crippen LogP contribution < -0.4 is 0 Å². The third kappa shape index (κ3) is 4.29. The molecule has 12 aromatic rings. The van der Waals surface area contributed by atoms with E-state index in [0.717, 1.165) is 6.42 Å². The lowest BCUT2D eigenvalue weighted by molar-refractivity contribution is 0.635. The third-order valence-corrected chi connectivity index (χ3v) is 12.7. The number of rotatable bonds is 4. The zero-order valence-electron chi connectivity index (χ0n) is 31.6. The summed E-state index contributed by atoms with van der Waals surface area (Å²) in [7, 11) is 0. The molecule has 1 aliphatic carbocycles. The molecular weight excluding hydrogens is 705 g/mol. The Balaban J connectivity index is 1.07. The number of hydrogen-bond donors (Lipinski definition) is 0. The van der Waals surface area contributed by atoms with Gasteiger partial charge in [0.15, 0.2) is 0 Å². The molecule has 0 bridgehead atoms. The Morgan fingerprint density at radius 2 is 0.862 bits per heavy atom. The molecule has 4 aromatic heterocycles. The molecular formula is C54H36N4. The topological polar surface area (TPSA) is 19.7 Å². The molecule has 0 fully saturated rings. The molecule has 4 heterocycles. The van der Waals surface area contributed by atoms with Crippen LogP contribution in [0.25, 0.3) is 99.5 Å². The normalized spacial score (nSPS) is 14.2. The van der Waals surface area contributed by atoms with Gasteiger partial charge in [0.25, 0.3) is 0 Å². The van der Waals surface area contributed by atoms with Crippen molar-refractivity contribution in [2.45, 2.75) is 12.5 Å². The number of hydrogen-bond acceptors (Lipinski definition) is 0. The van der Waals surface area contributed by atoms with Crippen LogP contribution in [0.3, 0.4) is 0 Å². The van der Waals surface area contributed by atoms with E-state index >= 15 is 0 Å². The van der Waals surface area contributed by atoms with Crippen LogP contribution in [0.4, 0.5) is 0 Å². The summed E-state index contributed by atoms with van der Waals surface area (Å²) in [6.07, 6.45) is 5.69. The fourth-order valence-corrected chi connectivity index (χ4v) is 10.3. The van der Waals surface area contributed by atoms with E-state index in [2.05, 4.69) is 218 Å². The minimum atomic E-state index is 0.0795. The zero-order chi connectivity index (χ0) is 37.9. The summed E-state index contributed by atoms with van der Waals surface area (Å²) >= 11 is 0. The Morgan fingerprint density at radius 3 is 1.48 bits per heavy atom. The second kappa shape index (κ2) is 12.0. The molecule has 4 nitrogen and oxygen atoms in total. The Kier molecular flexibility index (Phi) is 6.53. The predicted molar refractivity (Wildman–Crippen MR) is 243 cm³/mol. The van der Waals surface area contributed by atoms with Gasteiger partial charge in [0.05, 0.1) is 44.8 Å². The maximum absolute atomic E-state index is 2.63. The van der Waals surface area contributed by atoms with Crippen molar-refractivity contribution in [3.05, 3.63) is 205 Å². The molecule has 8 aromatic carbocycles. The summed E-state index contributed by atoms with van der Waals surface area (Å²) in [6.45, 7) is 0. The Hall–Kier alpha value is -7.56. The molecule has 1 unspecified atom stereocenters. The average Bonchev–Trinajstić information content (AvgIpc) is 4.01. The van der Waals surface area contributed by atoms with Gasteiger partial charge in [-0.3, -0.25) is 0 Å². The van der Waals surface area contributed by atoms with Gasteiger partial charge < -0.3 is 18.3 Å². The van der Waals surface area contributed by atoms with E-state index in [4.69, 9.17) is 0 Å². The highest BCUT2D eigenvalue weighted by molar-refractivity contribution is 6.15. The highest BCUT2D eigenvalue weighted by atomic mass is 15.1. The number of nitrogens with zero attached hydrogens (tertiary/aromatic N) is 4. The van der Waals surface area contributed by atoms with Crippen LogP contribution in [0.15, 0.2) is 194 Å². The molecule has 0 spiro atoms. The fourth-order valence-electron chi connectivity index (χ4n) is 10.3. The number of para-hydroxylation sites is 7. The van der Waals surface area contributed by atoms with Crippen molar-refractivity contribution >= 4 is 82.4 Å². The summed E-state index contributed by atoms with van der Waals surface area (Å²) in [4.78, 5) is 0. The summed E-state index contributed by atoms with van der Waals surface area (Å²) in [5.41, 5.74) is 14.8. The molecule has 58 heavy (non-hydrogen) atoms. The van der Waals surface area contributed by atoms with Gasteiger partial charge in [-0.05, 0) is 84.8 Å². The monoisotopic (exact) mass is 740 g/mol. The summed E-state index contributed by atoms with van der Waals surface area (Å²) < 4.78 is 10.0. The van der Waals surface area contributed by atoms with Crippen LogP contribution in [-0.4, -0.2) is 18.3 Å². The van der Waals surface area contributed by atoms with E-state index in [1.54, 1.807) is 0 Å². The second-order valence-electron chi connectivity index (χ2n) is 15.7. The summed E-state index contributed by atoms with van der Waals surface area (Å²) in [5, 5.41) is 8.93. The molecule has 272 valence electrons. The Morgan fingerprint density at radius 1 is 0.362 bits per heavy atom. The lowest BCUT2D eigenvalue weighted by atomic mass is 9.96. The van der Waals surface area contributed by atoms with Gasteiger partial charge >= 0.3 is 0 Å². The molecule has 13 rings (SSSR count). The van der Waals surface area contributed by atoms with Gasteiger partial charge in [0.2, 0.25) is 0 Å². The van der Waals surface area contributed by atoms with Crippen molar-refractivity contribution in [3.8, 4) is 17.1 Å². The Labute approximate surface area is 334 Å². The van der Waals surface area contributed by atoms with Crippen molar-refractivity contribution in [2.24, 2.45) is 0 Å². The van der Waals surface area contributed by atoms with Gasteiger partial charge in [0.1, 0.15) is 0 Å². The molecule has 0 radical (unpaired) electrons. The highest BCUT2D eigenvalue weighted by Gasteiger charge is 2.28. The minimum Gasteiger partial charge on any atom is -0.331 e. The van der Waals surface area contributed by atoms with Crippen molar-refractivity contribution in [1.82, 2.24) is 18.3 Å². The van der Waals surface area contributed by atoms with Crippen LogP contribution in [0.1, 0.15) is 17.3 Å². The molecule has 4 heteroatoms. The fraction of sp³-hybridized carbons (Fsp3) is 0.0370. The summed E-state index contributed by atoms with van der Waals surface area (Å²) in [5.74, 6) is 0. The maximum Gasteiger partial charge on any atom is 0.0742 e. The minimum absolute atomic E-state index is 0.0795. The average molecular weight is 741 g/mol. The van der Waals surface area contributed by atoms with E-state index in [9.17, 15) is 0 Å². The maximum atomic E-state index is 2.63. The molecule has 0 saturated carbocycles. The third-order valence-electron chi connectivity index (χ3n) is 12.7. The van der Waals surface area contributed by atoms with Crippen molar-refractivity contribution in [2.75, 3.05) is 0 Å². The van der Waals surface area contributed by atoms with Crippen LogP contribution in [0.5, 0.6) is 0 Å². The second-order valence-corrected chi connectivity index (χ2v) is 15.7.